The van der Waals surface area contributed by atoms with E-state index in [1.54, 1.807) is 19.2 Å². The lowest BCUT2D eigenvalue weighted by Crippen LogP contribution is -2.27. The van der Waals surface area contributed by atoms with Crippen LogP contribution in [0.4, 0.5) is 0 Å². The van der Waals surface area contributed by atoms with Crippen molar-refractivity contribution in [2.24, 2.45) is 0 Å². The minimum atomic E-state index is -0.270. The summed E-state index contributed by atoms with van der Waals surface area (Å²) < 4.78 is 14.9. The molecule has 6 heteroatoms. The molecule has 0 spiro atoms. The minimum absolute atomic E-state index is 0.0634. The van der Waals surface area contributed by atoms with Crippen molar-refractivity contribution < 1.29 is 24.1 Å². The second kappa shape index (κ2) is 8.34. The smallest absolute Gasteiger partial charge is 0.251 e. The zero-order chi connectivity index (χ0) is 14.1. The lowest BCUT2D eigenvalue weighted by atomic mass is 10.2. The first-order chi connectivity index (χ1) is 9.19. The molecule has 6 nitrogen and oxygen atoms in total. The van der Waals surface area contributed by atoms with E-state index in [0.717, 1.165) is 0 Å². The predicted molar refractivity (Wildman–Crippen MR) is 69.7 cm³/mol. The summed E-state index contributed by atoms with van der Waals surface area (Å²) in [6, 6.07) is 4.49. The van der Waals surface area contributed by atoms with Crippen LogP contribution in [-0.2, 0) is 9.47 Å². The summed E-state index contributed by atoms with van der Waals surface area (Å²) >= 11 is 0. The molecule has 0 aliphatic rings. The van der Waals surface area contributed by atoms with Gasteiger partial charge in [-0.25, -0.2) is 0 Å². The molecule has 0 saturated carbocycles. The second-order valence-corrected chi connectivity index (χ2v) is 3.75. The second-order valence-electron chi connectivity index (χ2n) is 3.75. The third kappa shape index (κ3) is 5.15. The Kier molecular flexibility index (Phi) is 6.70. The molecule has 0 aliphatic carbocycles. The van der Waals surface area contributed by atoms with Gasteiger partial charge in [0.15, 0.2) is 11.5 Å². The molecule has 0 radical (unpaired) electrons. The van der Waals surface area contributed by atoms with E-state index in [1.807, 2.05) is 0 Å². The maximum absolute atomic E-state index is 11.7. The number of nitrogens with one attached hydrogen (secondary N) is 1. The van der Waals surface area contributed by atoms with Crippen molar-refractivity contribution in [3.63, 3.8) is 0 Å². The zero-order valence-corrected chi connectivity index (χ0v) is 11.1. The van der Waals surface area contributed by atoms with Gasteiger partial charge < -0.3 is 24.6 Å². The maximum atomic E-state index is 11.7. The summed E-state index contributed by atoms with van der Waals surface area (Å²) in [5.74, 6) is -0.000705. The number of carbonyl (C=O) groups is 1. The Labute approximate surface area is 112 Å². The van der Waals surface area contributed by atoms with Gasteiger partial charge in [-0.05, 0) is 18.2 Å². The molecular weight excluding hydrogens is 250 g/mol. The average Bonchev–Trinajstić information content (AvgIpc) is 2.42. The average molecular weight is 269 g/mol. The molecule has 1 aromatic rings. The Hall–Kier alpha value is -1.79. The Bertz CT molecular complexity index is 408. The highest BCUT2D eigenvalue weighted by molar-refractivity contribution is 5.94. The third-order valence-corrected chi connectivity index (χ3v) is 2.40. The van der Waals surface area contributed by atoms with E-state index in [1.165, 1.54) is 13.2 Å². The fourth-order valence-electron chi connectivity index (χ4n) is 1.41. The van der Waals surface area contributed by atoms with Crippen LogP contribution in [0.2, 0.25) is 0 Å². The third-order valence-electron chi connectivity index (χ3n) is 2.40. The highest BCUT2D eigenvalue weighted by Gasteiger charge is 2.08. The summed E-state index contributed by atoms with van der Waals surface area (Å²) in [4.78, 5) is 11.7. The first kappa shape index (κ1) is 15.3. The predicted octanol–water partition coefficient (Wildman–Crippen LogP) is 0.794. The number of methoxy groups -OCH3 is 2. The molecule has 0 fully saturated rings. The fraction of sp³-hybridized carbons (Fsp3) is 0.462. The Morgan fingerprint density at radius 1 is 1.26 bits per heavy atom. The molecule has 19 heavy (non-hydrogen) atoms. The molecule has 0 aliphatic heterocycles. The summed E-state index contributed by atoms with van der Waals surface area (Å²) in [6.45, 7) is 1.84. The first-order valence-electron chi connectivity index (χ1n) is 5.91. The Morgan fingerprint density at radius 3 is 2.68 bits per heavy atom. The number of phenols is 1. The van der Waals surface area contributed by atoms with Crippen molar-refractivity contribution in [3.8, 4) is 11.5 Å². The molecule has 1 aromatic carbocycles. The van der Waals surface area contributed by atoms with Crippen LogP contribution in [0.3, 0.4) is 0 Å². The van der Waals surface area contributed by atoms with Crippen LogP contribution in [0.5, 0.6) is 11.5 Å². The van der Waals surface area contributed by atoms with Gasteiger partial charge in [0.25, 0.3) is 5.91 Å². The van der Waals surface area contributed by atoms with Crippen LogP contribution in [0.25, 0.3) is 0 Å². The van der Waals surface area contributed by atoms with E-state index in [2.05, 4.69) is 5.32 Å². The van der Waals surface area contributed by atoms with Crippen molar-refractivity contribution in [2.45, 2.75) is 0 Å². The molecule has 1 amide bonds. The number of hydrogen-bond acceptors (Lipinski definition) is 5. The quantitative estimate of drug-likeness (QED) is 0.682. The number of benzene rings is 1. The highest BCUT2D eigenvalue weighted by Crippen LogP contribution is 2.25. The molecular formula is C13H19NO5. The zero-order valence-electron chi connectivity index (χ0n) is 11.1. The lowest BCUT2D eigenvalue weighted by Gasteiger charge is -2.08. The highest BCUT2D eigenvalue weighted by atomic mass is 16.5. The number of hydrogen-bond donors (Lipinski definition) is 2. The largest absolute Gasteiger partial charge is 0.504 e. The molecule has 0 heterocycles. The summed E-state index contributed by atoms with van der Waals surface area (Å²) in [5, 5.41) is 12.2. The van der Waals surface area contributed by atoms with E-state index in [-0.39, 0.29) is 11.7 Å². The van der Waals surface area contributed by atoms with Crippen LogP contribution < -0.4 is 10.1 Å². The van der Waals surface area contributed by atoms with Crippen molar-refractivity contribution >= 4 is 5.91 Å². The summed E-state index contributed by atoms with van der Waals surface area (Å²) in [6.07, 6.45) is 0. The number of ether oxygens (including phenoxy) is 3. The van der Waals surface area contributed by atoms with E-state index in [4.69, 9.17) is 14.2 Å². The Balaban J connectivity index is 2.35. The van der Waals surface area contributed by atoms with Crippen LogP contribution in [-0.4, -0.2) is 51.6 Å². The van der Waals surface area contributed by atoms with E-state index < -0.39 is 0 Å². The number of phenolic OH excluding ortho intramolecular Hbond substituents is 1. The molecule has 106 valence electrons. The van der Waals surface area contributed by atoms with Gasteiger partial charge in [0.05, 0.1) is 26.9 Å². The molecule has 1 rings (SSSR count). The topological polar surface area (TPSA) is 77.0 Å². The molecule has 0 aromatic heterocycles. The normalized spacial score (nSPS) is 10.2. The van der Waals surface area contributed by atoms with Gasteiger partial charge >= 0.3 is 0 Å². The van der Waals surface area contributed by atoms with Gasteiger partial charge in [0.1, 0.15) is 0 Å². The van der Waals surface area contributed by atoms with Crippen LogP contribution in [0.15, 0.2) is 18.2 Å². The van der Waals surface area contributed by atoms with Gasteiger partial charge in [-0.15, -0.1) is 0 Å². The number of aromatic hydroxyl groups is 1. The number of carbonyl (C=O) groups excluding carboxylic acids is 1. The lowest BCUT2D eigenvalue weighted by molar-refractivity contribution is 0.0692. The van der Waals surface area contributed by atoms with Crippen LogP contribution in [0.1, 0.15) is 10.4 Å². The molecule has 2 N–H and O–H groups in total. The van der Waals surface area contributed by atoms with Crippen molar-refractivity contribution in [1.29, 1.82) is 0 Å². The van der Waals surface area contributed by atoms with Crippen molar-refractivity contribution in [3.05, 3.63) is 23.8 Å². The SMILES string of the molecule is COCCOCCNC(=O)c1ccc(OC)c(O)c1. The Morgan fingerprint density at radius 2 is 2.05 bits per heavy atom. The van der Waals surface area contributed by atoms with Gasteiger partial charge in [0, 0.05) is 19.2 Å². The van der Waals surface area contributed by atoms with Crippen LogP contribution in [0, 0.1) is 0 Å². The van der Waals surface area contributed by atoms with Crippen molar-refractivity contribution in [2.75, 3.05) is 40.6 Å². The number of amides is 1. The maximum Gasteiger partial charge on any atom is 0.251 e. The fourth-order valence-corrected chi connectivity index (χ4v) is 1.41. The van der Waals surface area contributed by atoms with Gasteiger partial charge in [0.2, 0.25) is 0 Å². The van der Waals surface area contributed by atoms with Gasteiger partial charge in [-0.3, -0.25) is 4.79 Å². The van der Waals surface area contributed by atoms with E-state index in [9.17, 15) is 9.90 Å². The van der Waals surface area contributed by atoms with Crippen molar-refractivity contribution in [1.82, 2.24) is 5.32 Å². The van der Waals surface area contributed by atoms with E-state index >= 15 is 0 Å². The van der Waals surface area contributed by atoms with E-state index in [0.29, 0.717) is 37.7 Å². The molecule has 0 saturated heterocycles. The molecule has 0 unspecified atom stereocenters. The standard InChI is InChI=1S/C13H19NO5/c1-17-7-8-19-6-5-14-13(16)10-3-4-12(18-2)11(15)9-10/h3-4,9,15H,5-8H2,1-2H3,(H,14,16). The summed E-state index contributed by atoms with van der Waals surface area (Å²) in [5.41, 5.74) is 0.371. The number of rotatable bonds is 8. The van der Waals surface area contributed by atoms with Gasteiger partial charge in [-0.1, -0.05) is 0 Å². The minimum Gasteiger partial charge on any atom is -0.504 e. The summed E-state index contributed by atoms with van der Waals surface area (Å²) in [7, 11) is 3.05. The van der Waals surface area contributed by atoms with Crippen LogP contribution >= 0.6 is 0 Å². The van der Waals surface area contributed by atoms with Gasteiger partial charge in [-0.2, -0.15) is 0 Å². The first-order valence-corrected chi connectivity index (χ1v) is 5.91. The molecule has 0 bridgehead atoms. The monoisotopic (exact) mass is 269 g/mol. The molecule has 0 atom stereocenters.